The molecule has 36 heavy (non-hydrogen) atoms. The Morgan fingerprint density at radius 1 is 1.00 bits per heavy atom. The number of rotatable bonds is 7. The van der Waals surface area contributed by atoms with Crippen molar-refractivity contribution in [2.75, 3.05) is 13.2 Å². The van der Waals surface area contributed by atoms with Crippen LogP contribution in [0.15, 0.2) is 88.9 Å². The lowest BCUT2D eigenvalue weighted by Gasteiger charge is -2.27. The molecule has 1 N–H and O–H groups in total. The van der Waals surface area contributed by atoms with E-state index in [-0.39, 0.29) is 17.4 Å². The number of likely N-dealkylation sites (tertiary alicyclic amines) is 1. The number of carbonyl (C=O) groups excluding carboxylic acids is 2. The molecule has 2 fully saturated rings. The molecule has 0 bridgehead atoms. The van der Waals surface area contributed by atoms with E-state index in [2.05, 4.69) is 15.9 Å². The van der Waals surface area contributed by atoms with Crippen LogP contribution in [0.25, 0.3) is 5.76 Å². The van der Waals surface area contributed by atoms with Crippen molar-refractivity contribution in [2.24, 2.45) is 0 Å². The van der Waals surface area contributed by atoms with Crippen LogP contribution in [0, 0.1) is 0 Å². The van der Waals surface area contributed by atoms with Crippen LogP contribution in [-0.2, 0) is 20.9 Å². The molecule has 0 spiro atoms. The second kappa shape index (κ2) is 10.7. The molecule has 0 radical (unpaired) electrons. The third kappa shape index (κ3) is 5.08. The maximum absolute atomic E-state index is 13.2. The summed E-state index contributed by atoms with van der Waals surface area (Å²) in [5.41, 5.74) is 2.33. The molecular formula is C29H26BrNO5. The van der Waals surface area contributed by atoms with Gasteiger partial charge >= 0.3 is 0 Å². The highest BCUT2D eigenvalue weighted by Crippen LogP contribution is 2.40. The van der Waals surface area contributed by atoms with Gasteiger partial charge in [0.15, 0.2) is 0 Å². The first-order chi connectivity index (χ1) is 17.5. The minimum atomic E-state index is -0.721. The van der Waals surface area contributed by atoms with Crippen molar-refractivity contribution in [3.63, 3.8) is 0 Å². The van der Waals surface area contributed by atoms with E-state index >= 15 is 0 Å². The molecule has 3 aromatic carbocycles. The fourth-order valence-corrected chi connectivity index (χ4v) is 4.94. The zero-order valence-corrected chi connectivity index (χ0v) is 21.2. The second-order valence-electron chi connectivity index (χ2n) is 8.94. The van der Waals surface area contributed by atoms with E-state index in [1.165, 1.54) is 4.90 Å². The number of aliphatic hydroxyl groups is 1. The number of carbonyl (C=O) groups is 2. The van der Waals surface area contributed by atoms with Crippen molar-refractivity contribution in [2.45, 2.75) is 31.6 Å². The van der Waals surface area contributed by atoms with Crippen molar-refractivity contribution < 1.29 is 24.2 Å². The van der Waals surface area contributed by atoms with E-state index in [9.17, 15) is 14.7 Å². The molecule has 2 aliphatic heterocycles. The first-order valence-electron chi connectivity index (χ1n) is 11.9. The summed E-state index contributed by atoms with van der Waals surface area (Å²) in [6, 6.07) is 23.5. The van der Waals surface area contributed by atoms with Crippen LogP contribution in [-0.4, -0.2) is 41.0 Å². The Morgan fingerprint density at radius 3 is 2.39 bits per heavy atom. The summed E-state index contributed by atoms with van der Waals surface area (Å²) < 4.78 is 12.5. The largest absolute Gasteiger partial charge is 0.507 e. The molecule has 3 aromatic rings. The summed E-state index contributed by atoms with van der Waals surface area (Å²) in [7, 11) is 0. The lowest BCUT2D eigenvalue weighted by molar-refractivity contribution is -0.140. The monoisotopic (exact) mass is 547 g/mol. The average Bonchev–Trinajstić information content (AvgIpc) is 3.51. The number of hydrogen-bond acceptors (Lipinski definition) is 5. The number of nitrogens with zero attached hydrogens (tertiary/aromatic N) is 1. The fraction of sp³-hybridized carbons (Fsp3) is 0.241. The quantitative estimate of drug-likeness (QED) is 0.235. The van der Waals surface area contributed by atoms with Crippen molar-refractivity contribution in [1.82, 2.24) is 4.90 Å². The standard InChI is InChI=1S/C29H26BrNO5/c30-22-12-8-21(9-13-22)27(32)25-26(31(29(34)28(25)33)17-24-7-4-16-35-24)20-10-14-23(15-11-20)36-18-19-5-2-1-3-6-19/h1-3,5-6,8-15,24,26,32H,4,7,16-18H2/t24-,26-/m0/s1. The molecular weight excluding hydrogens is 522 g/mol. The van der Waals surface area contributed by atoms with Gasteiger partial charge in [0.25, 0.3) is 11.7 Å². The summed E-state index contributed by atoms with van der Waals surface area (Å²) in [6.45, 7) is 1.37. The summed E-state index contributed by atoms with van der Waals surface area (Å²) in [4.78, 5) is 27.9. The molecule has 2 atom stereocenters. The van der Waals surface area contributed by atoms with Crippen LogP contribution in [0.4, 0.5) is 0 Å². The summed E-state index contributed by atoms with van der Waals surface area (Å²) in [5, 5.41) is 11.2. The third-order valence-corrected chi connectivity index (χ3v) is 7.05. The molecule has 6 nitrogen and oxygen atoms in total. The Balaban J connectivity index is 1.48. The van der Waals surface area contributed by atoms with Gasteiger partial charge in [0.05, 0.1) is 17.7 Å². The number of hydrogen-bond donors (Lipinski definition) is 1. The molecule has 2 heterocycles. The Hall–Kier alpha value is -3.42. The lowest BCUT2D eigenvalue weighted by Crippen LogP contribution is -2.36. The first kappa shape index (κ1) is 24.3. The smallest absolute Gasteiger partial charge is 0.295 e. The highest BCUT2D eigenvalue weighted by Gasteiger charge is 2.47. The number of halogens is 1. The van der Waals surface area contributed by atoms with Gasteiger partial charge in [-0.25, -0.2) is 0 Å². The Labute approximate surface area is 218 Å². The highest BCUT2D eigenvalue weighted by molar-refractivity contribution is 9.10. The summed E-state index contributed by atoms with van der Waals surface area (Å²) >= 11 is 3.39. The first-order valence-corrected chi connectivity index (χ1v) is 12.7. The number of aliphatic hydroxyl groups excluding tert-OH is 1. The normalized spacial score (nSPS) is 21.2. The van der Waals surface area contributed by atoms with E-state index in [1.54, 1.807) is 24.3 Å². The molecule has 2 saturated heterocycles. The fourth-order valence-electron chi connectivity index (χ4n) is 4.67. The van der Waals surface area contributed by atoms with E-state index in [0.717, 1.165) is 28.4 Å². The molecule has 7 heteroatoms. The van der Waals surface area contributed by atoms with Crippen molar-refractivity contribution in [3.8, 4) is 5.75 Å². The average molecular weight is 548 g/mol. The lowest BCUT2D eigenvalue weighted by atomic mass is 9.95. The molecule has 0 unspecified atom stereocenters. The van der Waals surface area contributed by atoms with Crippen molar-refractivity contribution in [1.29, 1.82) is 0 Å². The minimum Gasteiger partial charge on any atom is -0.507 e. The van der Waals surface area contributed by atoms with Gasteiger partial charge in [0.2, 0.25) is 0 Å². The number of ether oxygens (including phenoxy) is 2. The highest BCUT2D eigenvalue weighted by atomic mass is 79.9. The van der Waals surface area contributed by atoms with Crippen LogP contribution in [0.5, 0.6) is 5.75 Å². The maximum atomic E-state index is 13.2. The second-order valence-corrected chi connectivity index (χ2v) is 9.85. The van der Waals surface area contributed by atoms with Crippen LogP contribution >= 0.6 is 15.9 Å². The molecule has 1 amide bonds. The molecule has 2 aliphatic rings. The zero-order chi connectivity index (χ0) is 25.1. The predicted molar refractivity (Wildman–Crippen MR) is 139 cm³/mol. The molecule has 0 saturated carbocycles. The van der Waals surface area contributed by atoms with E-state index in [1.807, 2.05) is 54.6 Å². The SMILES string of the molecule is O=C1C(=O)N(C[C@@H]2CCCO2)[C@@H](c2ccc(OCc3ccccc3)cc2)C1=C(O)c1ccc(Br)cc1. The van der Waals surface area contributed by atoms with Gasteiger partial charge in [-0.3, -0.25) is 9.59 Å². The van der Waals surface area contributed by atoms with E-state index in [0.29, 0.717) is 31.1 Å². The molecule has 0 aliphatic carbocycles. The number of ketones is 1. The minimum absolute atomic E-state index is 0.0817. The Kier molecular flexibility index (Phi) is 7.20. The zero-order valence-electron chi connectivity index (χ0n) is 19.6. The molecule has 184 valence electrons. The van der Waals surface area contributed by atoms with Crippen LogP contribution in [0.3, 0.4) is 0 Å². The van der Waals surface area contributed by atoms with Crippen LogP contribution in [0.2, 0.25) is 0 Å². The van der Waals surface area contributed by atoms with Crippen LogP contribution < -0.4 is 4.74 Å². The van der Waals surface area contributed by atoms with E-state index < -0.39 is 17.7 Å². The predicted octanol–water partition coefficient (Wildman–Crippen LogP) is 5.63. The van der Waals surface area contributed by atoms with Gasteiger partial charge in [-0.05, 0) is 48.2 Å². The number of Topliss-reactive ketones (excluding diaryl/α,β-unsaturated/α-hetero) is 1. The topological polar surface area (TPSA) is 76.1 Å². The van der Waals surface area contributed by atoms with Gasteiger partial charge in [0.1, 0.15) is 18.1 Å². The summed E-state index contributed by atoms with van der Waals surface area (Å²) in [5.74, 6) is -0.835. The molecule has 0 aromatic heterocycles. The summed E-state index contributed by atoms with van der Waals surface area (Å²) in [6.07, 6.45) is 1.62. The Bertz CT molecular complexity index is 1270. The maximum Gasteiger partial charge on any atom is 0.295 e. The van der Waals surface area contributed by atoms with Crippen molar-refractivity contribution in [3.05, 3.63) is 106 Å². The van der Waals surface area contributed by atoms with Gasteiger partial charge in [-0.15, -0.1) is 0 Å². The Morgan fingerprint density at radius 2 is 1.72 bits per heavy atom. The van der Waals surface area contributed by atoms with Gasteiger partial charge < -0.3 is 19.5 Å². The van der Waals surface area contributed by atoms with Gasteiger partial charge in [0, 0.05) is 23.2 Å². The van der Waals surface area contributed by atoms with Crippen LogP contribution in [0.1, 0.15) is 35.6 Å². The van der Waals surface area contributed by atoms with E-state index in [4.69, 9.17) is 9.47 Å². The third-order valence-electron chi connectivity index (χ3n) is 6.53. The van der Waals surface area contributed by atoms with Gasteiger partial charge in [-0.1, -0.05) is 70.5 Å². The number of amides is 1. The number of benzene rings is 3. The molecule has 5 rings (SSSR count). The van der Waals surface area contributed by atoms with Crippen molar-refractivity contribution >= 4 is 33.4 Å². The van der Waals surface area contributed by atoms with Gasteiger partial charge in [-0.2, -0.15) is 0 Å².